The number of esters is 1. The molecule has 3 aromatic rings. The largest absolute Gasteiger partial charge is 0.493 e. The second kappa shape index (κ2) is 14.6. The quantitative estimate of drug-likeness (QED) is 0.0897. The van der Waals surface area contributed by atoms with Crippen LogP contribution in [0.3, 0.4) is 0 Å². The molecule has 9 heteroatoms. The molecule has 3 rings (SSSR count). The number of carbonyl (C=O) groups excluding carboxylic acids is 1. The lowest BCUT2D eigenvalue weighted by Gasteiger charge is -2.18. The molecule has 7 nitrogen and oxygen atoms in total. The summed E-state index contributed by atoms with van der Waals surface area (Å²) >= 11 is 11.8. The van der Waals surface area contributed by atoms with Gasteiger partial charge in [0.15, 0.2) is 23.0 Å². The molecule has 0 bridgehead atoms. The Kier molecular flexibility index (Phi) is 11.2. The van der Waals surface area contributed by atoms with Crippen molar-refractivity contribution in [2.24, 2.45) is 0 Å². The van der Waals surface area contributed by atoms with Crippen LogP contribution in [0.15, 0.2) is 61.2 Å². The number of alkyl halides is 2. The molecule has 0 aliphatic heterocycles. The van der Waals surface area contributed by atoms with Crippen molar-refractivity contribution in [2.75, 3.05) is 45.3 Å². The number of aryl methyl sites for hydroxylation is 1. The maximum absolute atomic E-state index is 12.7. The van der Waals surface area contributed by atoms with E-state index >= 15 is 0 Å². The minimum Gasteiger partial charge on any atom is -0.493 e. The van der Waals surface area contributed by atoms with Crippen molar-refractivity contribution in [3.8, 4) is 28.7 Å². The number of halogens is 2. The summed E-state index contributed by atoms with van der Waals surface area (Å²) in [6.07, 6.45) is 1.61. The summed E-state index contributed by atoms with van der Waals surface area (Å²) in [5.41, 5.74) is 4.24. The van der Waals surface area contributed by atoms with Crippen LogP contribution in [-0.4, -0.2) is 46.4 Å². The Morgan fingerprint density at radius 3 is 1.90 bits per heavy atom. The molecule has 0 spiro atoms. The van der Waals surface area contributed by atoms with Crippen molar-refractivity contribution in [2.45, 2.75) is 19.3 Å². The molecule has 0 saturated carbocycles. The van der Waals surface area contributed by atoms with E-state index in [4.69, 9.17) is 46.9 Å². The van der Waals surface area contributed by atoms with Crippen molar-refractivity contribution < 1.29 is 28.5 Å². The molecule has 0 saturated heterocycles. The van der Waals surface area contributed by atoms with E-state index in [1.165, 1.54) is 7.11 Å². The van der Waals surface area contributed by atoms with E-state index in [1.54, 1.807) is 33.5 Å². The fraction of sp³-hybridized carbons (Fsp3) is 0.300. The monoisotopic (exact) mass is 573 g/mol. The van der Waals surface area contributed by atoms with Gasteiger partial charge in [0, 0.05) is 12.1 Å². The van der Waals surface area contributed by atoms with Gasteiger partial charge in [-0.15, -0.1) is 23.2 Å². The van der Waals surface area contributed by atoms with E-state index in [-0.39, 0.29) is 12.4 Å². The smallest absolute Gasteiger partial charge is 0.311 e. The fourth-order valence-electron chi connectivity index (χ4n) is 4.02. The molecule has 0 unspecified atom stereocenters. The number of nitrogens with zero attached hydrogens (tertiary/aromatic N) is 1. The number of rotatable bonds is 14. The number of hydrogen-bond donors (Lipinski definition) is 0. The van der Waals surface area contributed by atoms with E-state index in [9.17, 15) is 4.79 Å². The molecule has 0 radical (unpaired) electrons. The average molecular weight is 575 g/mol. The molecule has 39 heavy (non-hydrogen) atoms. The molecular formula is C30H33Cl2NO6. The average Bonchev–Trinajstić information content (AvgIpc) is 2.97. The fourth-order valence-corrected chi connectivity index (χ4v) is 4.55. The number of benzene rings is 3. The van der Waals surface area contributed by atoms with Crippen molar-refractivity contribution in [3.05, 3.63) is 77.9 Å². The zero-order valence-corrected chi connectivity index (χ0v) is 24.1. The molecule has 0 N–H and O–H groups in total. The molecule has 0 aliphatic carbocycles. The summed E-state index contributed by atoms with van der Waals surface area (Å²) in [6.45, 7) is 4.24. The Balaban J connectivity index is 1.69. The summed E-state index contributed by atoms with van der Waals surface area (Å²) in [4.78, 5) is 14.5. The highest BCUT2D eigenvalue weighted by atomic mass is 35.5. The third-order valence-corrected chi connectivity index (χ3v) is 6.76. The second-order valence-corrected chi connectivity index (χ2v) is 9.01. The van der Waals surface area contributed by atoms with Crippen molar-refractivity contribution in [1.82, 2.24) is 0 Å². The Labute approximate surface area is 239 Å². The Morgan fingerprint density at radius 1 is 0.769 bits per heavy atom. The predicted molar refractivity (Wildman–Crippen MR) is 156 cm³/mol. The number of hydrogen-bond acceptors (Lipinski definition) is 7. The van der Waals surface area contributed by atoms with Crippen LogP contribution in [0, 0.1) is 0 Å². The van der Waals surface area contributed by atoms with E-state index in [0.717, 1.165) is 28.8 Å². The lowest BCUT2D eigenvalue weighted by Crippen LogP contribution is -2.18. The summed E-state index contributed by atoms with van der Waals surface area (Å²) in [5.74, 6) is 1.93. The molecule has 208 valence electrons. The minimum absolute atomic E-state index is 0.248. The van der Waals surface area contributed by atoms with E-state index < -0.39 is 0 Å². The van der Waals surface area contributed by atoms with Crippen LogP contribution >= 0.6 is 23.2 Å². The van der Waals surface area contributed by atoms with Crippen LogP contribution in [-0.2, 0) is 11.2 Å². The van der Waals surface area contributed by atoms with Crippen LogP contribution in [0.25, 0.3) is 5.57 Å². The molecule has 0 amide bonds. The lowest BCUT2D eigenvalue weighted by atomic mass is 9.98. The lowest BCUT2D eigenvalue weighted by molar-refractivity contribution is -0.134. The van der Waals surface area contributed by atoms with Crippen LogP contribution in [0.1, 0.15) is 29.5 Å². The summed E-state index contributed by atoms with van der Waals surface area (Å²) < 4.78 is 27.5. The first-order valence-corrected chi connectivity index (χ1v) is 13.3. The van der Waals surface area contributed by atoms with Gasteiger partial charge < -0.3 is 28.6 Å². The van der Waals surface area contributed by atoms with Crippen LogP contribution < -0.4 is 28.6 Å². The maximum Gasteiger partial charge on any atom is 0.311 e. The first-order valence-electron chi connectivity index (χ1n) is 12.2. The number of carbonyl (C=O) groups is 1. The zero-order chi connectivity index (χ0) is 28.4. The van der Waals surface area contributed by atoms with Gasteiger partial charge in [-0.1, -0.05) is 24.8 Å². The van der Waals surface area contributed by atoms with Crippen molar-refractivity contribution in [1.29, 1.82) is 0 Å². The minimum atomic E-state index is -0.351. The first kappa shape index (κ1) is 30.0. The molecule has 0 aliphatic rings. The van der Waals surface area contributed by atoms with Crippen LogP contribution in [0.2, 0.25) is 0 Å². The van der Waals surface area contributed by atoms with Gasteiger partial charge in [0.25, 0.3) is 0 Å². The van der Waals surface area contributed by atoms with E-state index in [0.29, 0.717) is 52.7 Å². The Morgan fingerprint density at radius 2 is 1.36 bits per heavy atom. The van der Waals surface area contributed by atoms with Gasteiger partial charge in [-0.25, -0.2) is 0 Å². The Hall–Kier alpha value is -3.55. The van der Waals surface area contributed by atoms with Crippen molar-refractivity contribution >= 4 is 40.4 Å². The van der Waals surface area contributed by atoms with Gasteiger partial charge in [-0.05, 0) is 71.5 Å². The van der Waals surface area contributed by atoms with Gasteiger partial charge in [-0.2, -0.15) is 0 Å². The summed E-state index contributed by atoms with van der Waals surface area (Å²) in [7, 11) is 6.19. The van der Waals surface area contributed by atoms with Gasteiger partial charge in [0.05, 0.1) is 40.4 Å². The van der Waals surface area contributed by atoms with E-state index in [2.05, 4.69) is 6.58 Å². The molecule has 0 aromatic heterocycles. The molecule has 0 atom stereocenters. The van der Waals surface area contributed by atoms with Gasteiger partial charge in [0.2, 0.25) is 5.75 Å². The topological polar surface area (TPSA) is 66.5 Å². The highest BCUT2D eigenvalue weighted by Crippen LogP contribution is 2.41. The normalized spacial score (nSPS) is 10.5. The third-order valence-electron chi connectivity index (χ3n) is 6.19. The standard InChI is InChI=1S/C30H33Cl2NO6/c1-20(23-16-27(36-3)30(38-5)28(17-23)37-4)22-11-14-25(35-2)26(15-22)39-29(34)8-6-7-21-9-12-24(13-10-21)33(18-31)19-32/h9-17H,1,6-8,18-19H2,2-5H3. The molecule has 3 aromatic carbocycles. The predicted octanol–water partition coefficient (Wildman–Crippen LogP) is 6.91. The van der Waals surface area contributed by atoms with Gasteiger partial charge in [0.1, 0.15) is 0 Å². The SMILES string of the molecule is C=C(c1ccc(OC)c(OC(=O)CCCc2ccc(N(CCl)CCl)cc2)c1)c1cc(OC)c(OC)c(OC)c1. The molecule has 0 fully saturated rings. The first-order chi connectivity index (χ1) is 18.9. The van der Waals surface area contributed by atoms with Crippen LogP contribution in [0.4, 0.5) is 5.69 Å². The second-order valence-electron chi connectivity index (χ2n) is 8.53. The van der Waals surface area contributed by atoms with Gasteiger partial charge >= 0.3 is 5.97 Å². The maximum atomic E-state index is 12.7. The highest BCUT2D eigenvalue weighted by Gasteiger charge is 2.17. The Bertz CT molecular complexity index is 1250. The van der Waals surface area contributed by atoms with Crippen molar-refractivity contribution in [3.63, 3.8) is 0 Å². The number of anilines is 1. The highest BCUT2D eigenvalue weighted by molar-refractivity contribution is 6.22. The van der Waals surface area contributed by atoms with Crippen LogP contribution in [0.5, 0.6) is 28.7 Å². The molecular weight excluding hydrogens is 541 g/mol. The summed E-state index contributed by atoms with van der Waals surface area (Å²) in [5, 5.41) is 0. The molecule has 0 heterocycles. The van der Waals surface area contributed by atoms with E-state index in [1.807, 2.05) is 47.4 Å². The zero-order valence-electron chi connectivity index (χ0n) is 22.6. The number of ether oxygens (including phenoxy) is 5. The number of methoxy groups -OCH3 is 4. The van der Waals surface area contributed by atoms with Gasteiger partial charge in [-0.3, -0.25) is 4.79 Å². The summed E-state index contributed by atoms with van der Waals surface area (Å²) in [6, 6.07) is 17.5. The third kappa shape index (κ3) is 7.52.